The number of hydrogen-bond donors (Lipinski definition) is 2. The lowest BCUT2D eigenvalue weighted by Gasteiger charge is -2.34. The van der Waals surface area contributed by atoms with Crippen molar-refractivity contribution >= 4 is 11.6 Å². The van der Waals surface area contributed by atoms with Gasteiger partial charge in [0.25, 0.3) is 0 Å². The van der Waals surface area contributed by atoms with Gasteiger partial charge in [-0.15, -0.1) is 0 Å². The second-order valence-electron chi connectivity index (χ2n) is 4.08. The molecule has 2 atom stereocenters. The van der Waals surface area contributed by atoms with Crippen LogP contribution in [-0.4, -0.2) is 34.3 Å². The Morgan fingerprint density at radius 1 is 1.47 bits per heavy atom. The van der Waals surface area contributed by atoms with Crippen LogP contribution in [0.1, 0.15) is 13.3 Å². The highest BCUT2D eigenvalue weighted by molar-refractivity contribution is 5.39. The highest BCUT2D eigenvalue weighted by Crippen LogP contribution is 2.21. The summed E-state index contributed by atoms with van der Waals surface area (Å²) in [5.41, 5.74) is 5.47. The predicted molar refractivity (Wildman–Crippen MR) is 58.4 cm³/mol. The van der Waals surface area contributed by atoms with Crippen LogP contribution in [0.4, 0.5) is 11.6 Å². The summed E-state index contributed by atoms with van der Waals surface area (Å²) in [5.74, 6) is 1.55. The molecule has 0 bridgehead atoms. The zero-order chi connectivity index (χ0) is 10.8. The number of aromatic nitrogens is 2. The first kappa shape index (κ1) is 10.2. The first-order chi connectivity index (χ1) is 7.16. The highest BCUT2D eigenvalue weighted by Gasteiger charge is 2.24. The molecule has 5 nitrogen and oxygen atoms in total. The Morgan fingerprint density at radius 3 is 2.87 bits per heavy atom. The fraction of sp³-hybridized carbons (Fsp3) is 0.600. The Balaban J connectivity index is 2.08. The highest BCUT2D eigenvalue weighted by atomic mass is 16.3. The van der Waals surface area contributed by atoms with E-state index in [1.54, 1.807) is 12.4 Å². The van der Waals surface area contributed by atoms with Crippen LogP contribution in [0.3, 0.4) is 0 Å². The molecule has 0 aromatic carbocycles. The summed E-state index contributed by atoms with van der Waals surface area (Å²) in [5, 5.41) is 9.60. The molecule has 1 aliphatic heterocycles. The molecule has 5 heteroatoms. The standard InChI is InChI=1S/C10H16N4O/c1-7-6-14(3-2-8(7)15)10-5-12-9(11)4-13-10/h4-5,7-8,15H,2-3,6H2,1H3,(H2,11,12). The van der Waals surface area contributed by atoms with Crippen LogP contribution < -0.4 is 10.6 Å². The van der Waals surface area contributed by atoms with E-state index in [1.165, 1.54) is 0 Å². The molecule has 1 aromatic heterocycles. The van der Waals surface area contributed by atoms with Crippen molar-refractivity contribution in [1.29, 1.82) is 0 Å². The third-order valence-corrected chi connectivity index (χ3v) is 2.84. The Bertz CT molecular complexity index is 327. The lowest BCUT2D eigenvalue weighted by molar-refractivity contribution is 0.0968. The number of nitrogens with zero attached hydrogens (tertiary/aromatic N) is 3. The summed E-state index contributed by atoms with van der Waals surface area (Å²) >= 11 is 0. The van der Waals surface area contributed by atoms with Gasteiger partial charge in [0.05, 0.1) is 18.5 Å². The van der Waals surface area contributed by atoms with Gasteiger partial charge in [-0.1, -0.05) is 6.92 Å². The number of rotatable bonds is 1. The molecule has 2 rings (SSSR count). The molecule has 0 radical (unpaired) electrons. The molecule has 0 spiro atoms. The lowest BCUT2D eigenvalue weighted by Crippen LogP contribution is -2.42. The normalized spacial score (nSPS) is 26.7. The maximum absolute atomic E-state index is 9.60. The van der Waals surface area contributed by atoms with Crippen molar-refractivity contribution in [3.63, 3.8) is 0 Å². The van der Waals surface area contributed by atoms with E-state index < -0.39 is 0 Å². The summed E-state index contributed by atoms with van der Waals surface area (Å²) in [6.07, 6.45) is 3.83. The third-order valence-electron chi connectivity index (χ3n) is 2.84. The lowest BCUT2D eigenvalue weighted by atomic mass is 9.97. The molecule has 3 N–H and O–H groups in total. The van der Waals surface area contributed by atoms with Gasteiger partial charge in [-0.3, -0.25) is 0 Å². The van der Waals surface area contributed by atoms with Crippen LogP contribution >= 0.6 is 0 Å². The summed E-state index contributed by atoms with van der Waals surface area (Å²) in [6.45, 7) is 3.69. The maximum Gasteiger partial charge on any atom is 0.147 e. The van der Waals surface area contributed by atoms with Crippen LogP contribution in [0.2, 0.25) is 0 Å². The van der Waals surface area contributed by atoms with Gasteiger partial charge in [-0.2, -0.15) is 0 Å². The van der Waals surface area contributed by atoms with Crippen molar-refractivity contribution in [2.45, 2.75) is 19.4 Å². The van der Waals surface area contributed by atoms with Crippen molar-refractivity contribution < 1.29 is 5.11 Å². The van der Waals surface area contributed by atoms with Crippen LogP contribution in [0.5, 0.6) is 0 Å². The molecule has 0 aliphatic carbocycles. The minimum Gasteiger partial charge on any atom is -0.393 e. The summed E-state index contributed by atoms with van der Waals surface area (Å²) in [6, 6.07) is 0. The average molecular weight is 208 g/mol. The second kappa shape index (κ2) is 4.02. The molecule has 2 unspecified atom stereocenters. The van der Waals surface area contributed by atoms with E-state index in [0.29, 0.717) is 5.82 Å². The number of piperidine rings is 1. The fourth-order valence-electron chi connectivity index (χ4n) is 1.84. The van der Waals surface area contributed by atoms with E-state index in [9.17, 15) is 5.11 Å². The van der Waals surface area contributed by atoms with Crippen LogP contribution in [0.25, 0.3) is 0 Å². The van der Waals surface area contributed by atoms with Gasteiger partial charge in [0.15, 0.2) is 0 Å². The minimum atomic E-state index is -0.192. The van der Waals surface area contributed by atoms with Crippen LogP contribution in [0, 0.1) is 5.92 Å². The van der Waals surface area contributed by atoms with E-state index in [-0.39, 0.29) is 12.0 Å². The van der Waals surface area contributed by atoms with E-state index in [1.807, 2.05) is 6.92 Å². The van der Waals surface area contributed by atoms with Gasteiger partial charge < -0.3 is 15.7 Å². The summed E-state index contributed by atoms with van der Waals surface area (Å²) < 4.78 is 0. The topological polar surface area (TPSA) is 75.3 Å². The maximum atomic E-state index is 9.60. The van der Waals surface area contributed by atoms with E-state index >= 15 is 0 Å². The molecule has 0 saturated carbocycles. The Hall–Kier alpha value is -1.36. The SMILES string of the molecule is CC1CN(c2cnc(N)cn2)CCC1O. The van der Waals surface area contributed by atoms with Crippen molar-refractivity contribution in [3.8, 4) is 0 Å². The predicted octanol–water partition coefficient (Wildman–Crippen LogP) is 0.266. The number of anilines is 2. The smallest absolute Gasteiger partial charge is 0.147 e. The van der Waals surface area contributed by atoms with Gasteiger partial charge in [0.1, 0.15) is 11.6 Å². The Labute approximate surface area is 88.9 Å². The molecule has 1 aromatic rings. The minimum absolute atomic E-state index is 0.192. The Kier molecular flexibility index (Phi) is 2.73. The van der Waals surface area contributed by atoms with Crippen molar-refractivity contribution in [3.05, 3.63) is 12.4 Å². The zero-order valence-corrected chi connectivity index (χ0v) is 8.80. The summed E-state index contributed by atoms with van der Waals surface area (Å²) in [4.78, 5) is 10.4. The third kappa shape index (κ3) is 2.18. The van der Waals surface area contributed by atoms with E-state index in [0.717, 1.165) is 25.3 Å². The largest absolute Gasteiger partial charge is 0.393 e. The number of nitrogens with two attached hydrogens (primary N) is 1. The first-order valence-electron chi connectivity index (χ1n) is 5.17. The van der Waals surface area contributed by atoms with Gasteiger partial charge in [-0.05, 0) is 12.3 Å². The molecular weight excluding hydrogens is 192 g/mol. The zero-order valence-electron chi connectivity index (χ0n) is 8.80. The monoisotopic (exact) mass is 208 g/mol. The van der Waals surface area contributed by atoms with Crippen molar-refractivity contribution in [2.24, 2.45) is 5.92 Å². The summed E-state index contributed by atoms with van der Waals surface area (Å²) in [7, 11) is 0. The molecule has 82 valence electrons. The molecule has 0 amide bonds. The molecule has 1 aliphatic rings. The average Bonchev–Trinajstić information content (AvgIpc) is 2.23. The quantitative estimate of drug-likeness (QED) is 0.692. The van der Waals surface area contributed by atoms with Crippen LogP contribution in [-0.2, 0) is 0 Å². The number of aliphatic hydroxyl groups excluding tert-OH is 1. The number of nitrogen functional groups attached to an aromatic ring is 1. The Morgan fingerprint density at radius 2 is 2.27 bits per heavy atom. The fourth-order valence-corrected chi connectivity index (χ4v) is 1.84. The number of aliphatic hydroxyl groups is 1. The first-order valence-corrected chi connectivity index (χ1v) is 5.17. The van der Waals surface area contributed by atoms with Gasteiger partial charge in [0.2, 0.25) is 0 Å². The van der Waals surface area contributed by atoms with Crippen molar-refractivity contribution in [2.75, 3.05) is 23.7 Å². The van der Waals surface area contributed by atoms with Gasteiger partial charge in [0, 0.05) is 13.1 Å². The molecule has 1 fully saturated rings. The van der Waals surface area contributed by atoms with Crippen LogP contribution in [0.15, 0.2) is 12.4 Å². The molecule has 15 heavy (non-hydrogen) atoms. The molecule has 2 heterocycles. The van der Waals surface area contributed by atoms with Crippen molar-refractivity contribution in [1.82, 2.24) is 9.97 Å². The van der Waals surface area contributed by atoms with E-state index in [2.05, 4.69) is 14.9 Å². The molecular formula is C10H16N4O. The number of hydrogen-bond acceptors (Lipinski definition) is 5. The molecule has 1 saturated heterocycles. The van der Waals surface area contributed by atoms with Gasteiger partial charge in [-0.25, -0.2) is 9.97 Å². The second-order valence-corrected chi connectivity index (χ2v) is 4.08. The van der Waals surface area contributed by atoms with E-state index in [4.69, 9.17) is 5.73 Å². The van der Waals surface area contributed by atoms with Gasteiger partial charge >= 0.3 is 0 Å².